The van der Waals surface area contributed by atoms with Gasteiger partial charge in [-0.15, -0.1) is 0 Å². The highest BCUT2D eigenvalue weighted by atomic mass is 35.5. The first-order valence-electron chi connectivity index (χ1n) is 9.28. The number of hydrogen-bond donors (Lipinski definition) is 1. The number of hydrogen-bond acceptors (Lipinski definition) is 4. The van der Waals surface area contributed by atoms with Crippen LogP contribution in [0.5, 0.6) is 11.5 Å². The smallest absolute Gasteiger partial charge is 0.387 e. The fourth-order valence-electron chi connectivity index (χ4n) is 2.61. The molecule has 8 heteroatoms. The minimum absolute atomic E-state index is 0.0183. The minimum Gasteiger partial charge on any atom is -0.489 e. The van der Waals surface area contributed by atoms with Gasteiger partial charge in [-0.3, -0.25) is 4.79 Å². The maximum atomic E-state index is 12.4. The van der Waals surface area contributed by atoms with E-state index in [-0.39, 0.29) is 5.75 Å². The third-order valence-electron chi connectivity index (χ3n) is 4.24. The van der Waals surface area contributed by atoms with Crippen molar-refractivity contribution in [1.29, 1.82) is 0 Å². The van der Waals surface area contributed by atoms with Gasteiger partial charge in [0.1, 0.15) is 18.1 Å². The van der Waals surface area contributed by atoms with Gasteiger partial charge in [0, 0.05) is 16.1 Å². The summed E-state index contributed by atoms with van der Waals surface area (Å²) in [6.07, 6.45) is 0. The molecular weight excluding hydrogens is 426 g/mol. The van der Waals surface area contributed by atoms with Crippen molar-refractivity contribution >= 4 is 23.2 Å². The molecule has 5 nitrogen and oxygen atoms in total. The van der Waals surface area contributed by atoms with Crippen molar-refractivity contribution in [2.45, 2.75) is 20.1 Å². The van der Waals surface area contributed by atoms with E-state index >= 15 is 0 Å². The first-order valence-corrected chi connectivity index (χ1v) is 9.66. The second-order valence-electron chi connectivity index (χ2n) is 6.48. The zero-order valence-electron chi connectivity index (χ0n) is 16.5. The van der Waals surface area contributed by atoms with E-state index < -0.39 is 12.5 Å². The van der Waals surface area contributed by atoms with E-state index in [4.69, 9.17) is 16.3 Å². The van der Waals surface area contributed by atoms with Crippen molar-refractivity contribution in [3.8, 4) is 11.5 Å². The van der Waals surface area contributed by atoms with Crippen LogP contribution in [0.4, 0.5) is 8.78 Å². The van der Waals surface area contributed by atoms with Gasteiger partial charge in [-0.2, -0.15) is 13.9 Å². The second-order valence-corrected chi connectivity index (χ2v) is 6.92. The summed E-state index contributed by atoms with van der Waals surface area (Å²) in [5.41, 5.74) is 4.76. The lowest BCUT2D eigenvalue weighted by atomic mass is 10.1. The zero-order chi connectivity index (χ0) is 22.2. The molecule has 3 aromatic rings. The van der Waals surface area contributed by atoms with Crippen LogP contribution in [0.2, 0.25) is 5.02 Å². The molecule has 0 spiro atoms. The lowest BCUT2D eigenvalue weighted by Crippen LogP contribution is -2.19. The Balaban J connectivity index is 1.57. The van der Waals surface area contributed by atoms with Crippen molar-refractivity contribution in [2.75, 3.05) is 0 Å². The Labute approximate surface area is 183 Å². The zero-order valence-corrected chi connectivity index (χ0v) is 17.3. The van der Waals surface area contributed by atoms with E-state index in [1.165, 1.54) is 12.1 Å². The van der Waals surface area contributed by atoms with Crippen LogP contribution in [-0.4, -0.2) is 18.2 Å². The molecule has 0 bridgehead atoms. The molecule has 1 N–H and O–H groups in total. The average molecular weight is 445 g/mol. The molecule has 0 aromatic heterocycles. The highest BCUT2D eigenvalue weighted by Crippen LogP contribution is 2.18. The Hall–Kier alpha value is -3.45. The molecule has 3 rings (SSSR count). The standard InChI is InChI=1S/C23H19ClF2N2O3/c1-15(18-3-2-4-21(13-18)31-23(25)26)27-28-22(29)17-7-5-16(6-8-17)14-30-20-11-9-19(24)10-12-20/h2-13,23H,14H2,1H3,(H,28,29). The van der Waals surface area contributed by atoms with Crippen molar-refractivity contribution in [2.24, 2.45) is 5.10 Å². The number of hydrazone groups is 1. The van der Waals surface area contributed by atoms with Crippen LogP contribution >= 0.6 is 11.6 Å². The van der Waals surface area contributed by atoms with E-state index in [0.717, 1.165) is 5.56 Å². The van der Waals surface area contributed by atoms with Gasteiger partial charge in [0.25, 0.3) is 5.91 Å². The van der Waals surface area contributed by atoms with Crippen molar-refractivity contribution in [3.05, 3.63) is 94.5 Å². The third-order valence-corrected chi connectivity index (χ3v) is 4.49. The molecule has 0 aliphatic heterocycles. The Kier molecular flexibility index (Phi) is 7.56. The number of carbonyl (C=O) groups is 1. The van der Waals surface area contributed by atoms with Crippen molar-refractivity contribution in [1.82, 2.24) is 5.43 Å². The summed E-state index contributed by atoms with van der Waals surface area (Å²) in [5, 5.41) is 4.67. The predicted molar refractivity (Wildman–Crippen MR) is 115 cm³/mol. The molecule has 0 unspecified atom stereocenters. The Morgan fingerprint density at radius 2 is 1.71 bits per heavy atom. The number of carbonyl (C=O) groups excluding carboxylic acids is 1. The molecule has 0 aliphatic rings. The number of alkyl halides is 2. The van der Waals surface area contributed by atoms with Gasteiger partial charge in [0.15, 0.2) is 0 Å². The SMILES string of the molecule is CC(=NNC(=O)c1ccc(COc2ccc(Cl)cc2)cc1)c1cccc(OC(F)F)c1. The summed E-state index contributed by atoms with van der Waals surface area (Å²) in [7, 11) is 0. The van der Waals surface area contributed by atoms with Crippen LogP contribution in [0.15, 0.2) is 77.9 Å². The predicted octanol–water partition coefficient (Wildman–Crippen LogP) is 5.67. The second kappa shape index (κ2) is 10.5. The molecule has 160 valence electrons. The highest BCUT2D eigenvalue weighted by molar-refractivity contribution is 6.30. The molecule has 0 heterocycles. The molecule has 3 aromatic carbocycles. The molecule has 31 heavy (non-hydrogen) atoms. The number of nitrogens with one attached hydrogen (secondary N) is 1. The Bertz CT molecular complexity index is 1060. The van der Waals surface area contributed by atoms with Gasteiger partial charge in [0.05, 0.1) is 5.71 Å². The first-order chi connectivity index (χ1) is 14.9. The molecule has 0 atom stereocenters. The number of ether oxygens (including phenoxy) is 2. The highest BCUT2D eigenvalue weighted by Gasteiger charge is 2.08. The quantitative estimate of drug-likeness (QED) is 0.359. The maximum Gasteiger partial charge on any atom is 0.387 e. The largest absolute Gasteiger partial charge is 0.489 e. The molecular formula is C23H19ClF2N2O3. The third kappa shape index (κ3) is 6.79. The lowest BCUT2D eigenvalue weighted by Gasteiger charge is -2.08. The number of nitrogens with zero attached hydrogens (tertiary/aromatic N) is 1. The first kappa shape index (κ1) is 22.2. The van der Waals surface area contributed by atoms with E-state index in [0.29, 0.717) is 34.2 Å². The van der Waals surface area contributed by atoms with E-state index in [1.807, 2.05) is 0 Å². The van der Waals surface area contributed by atoms with Gasteiger partial charge in [-0.05, 0) is 61.0 Å². The molecule has 0 fully saturated rings. The van der Waals surface area contributed by atoms with Crippen LogP contribution in [0.3, 0.4) is 0 Å². The molecule has 0 aliphatic carbocycles. The Morgan fingerprint density at radius 3 is 2.39 bits per heavy atom. The number of benzene rings is 3. The van der Waals surface area contributed by atoms with Gasteiger partial charge in [-0.25, -0.2) is 5.43 Å². The van der Waals surface area contributed by atoms with Crippen LogP contribution < -0.4 is 14.9 Å². The molecule has 0 radical (unpaired) electrons. The monoisotopic (exact) mass is 444 g/mol. The summed E-state index contributed by atoms with van der Waals surface area (Å²) in [6.45, 7) is -0.914. The molecule has 0 saturated carbocycles. The number of halogens is 3. The van der Waals surface area contributed by atoms with Gasteiger partial charge >= 0.3 is 6.61 Å². The normalized spacial score (nSPS) is 11.3. The van der Waals surface area contributed by atoms with E-state index in [9.17, 15) is 13.6 Å². The summed E-state index contributed by atoms with van der Waals surface area (Å²) in [5.74, 6) is 0.313. The summed E-state index contributed by atoms with van der Waals surface area (Å²) in [4.78, 5) is 12.3. The average Bonchev–Trinajstić information content (AvgIpc) is 2.77. The van der Waals surface area contributed by atoms with Crippen LogP contribution in [0.1, 0.15) is 28.4 Å². The molecule has 0 saturated heterocycles. The van der Waals surface area contributed by atoms with E-state index in [2.05, 4.69) is 15.3 Å². The van der Waals surface area contributed by atoms with Crippen molar-refractivity contribution in [3.63, 3.8) is 0 Å². The summed E-state index contributed by atoms with van der Waals surface area (Å²) < 4.78 is 34.7. The topological polar surface area (TPSA) is 59.9 Å². The summed E-state index contributed by atoms with van der Waals surface area (Å²) >= 11 is 5.85. The van der Waals surface area contributed by atoms with Gasteiger partial charge < -0.3 is 9.47 Å². The number of amides is 1. The van der Waals surface area contributed by atoms with E-state index in [1.54, 1.807) is 67.6 Å². The lowest BCUT2D eigenvalue weighted by molar-refractivity contribution is -0.0498. The van der Waals surface area contributed by atoms with Crippen LogP contribution in [0, 0.1) is 0 Å². The fourth-order valence-corrected chi connectivity index (χ4v) is 2.74. The van der Waals surface area contributed by atoms with Crippen molar-refractivity contribution < 1.29 is 23.0 Å². The van der Waals surface area contributed by atoms with Crippen LogP contribution in [-0.2, 0) is 6.61 Å². The Morgan fingerprint density at radius 1 is 1.00 bits per heavy atom. The summed E-state index contributed by atoms with van der Waals surface area (Å²) in [6, 6.07) is 20.0. The van der Waals surface area contributed by atoms with Gasteiger partial charge in [0.2, 0.25) is 0 Å². The molecule has 1 amide bonds. The maximum absolute atomic E-state index is 12.4. The minimum atomic E-state index is -2.91. The number of rotatable bonds is 8. The fraction of sp³-hybridized carbons (Fsp3) is 0.130. The van der Waals surface area contributed by atoms with Gasteiger partial charge in [-0.1, -0.05) is 35.9 Å². The van der Waals surface area contributed by atoms with Crippen LogP contribution in [0.25, 0.3) is 0 Å².